The number of aliphatic hydroxyl groups is 25. The molecule has 0 saturated carbocycles. The van der Waals surface area contributed by atoms with Gasteiger partial charge in [-0.3, -0.25) is 28.8 Å². The Morgan fingerprint density at radius 2 is 0.492 bits per heavy atom. The number of carbonyl (C=O) groups is 6. The van der Waals surface area contributed by atoms with Crippen LogP contribution in [0.3, 0.4) is 0 Å². The van der Waals surface area contributed by atoms with E-state index in [1.54, 1.807) is 0 Å². The van der Waals surface area contributed by atoms with E-state index in [-0.39, 0.29) is 0 Å². The maximum absolute atomic E-state index is 13.6. The smallest absolute Gasteiger partial charge is 0.217 e. The van der Waals surface area contributed by atoms with E-state index >= 15 is 0 Å². The molecular formula is C72H120N6O50. The summed E-state index contributed by atoms with van der Waals surface area (Å²) in [5.74, 6) is -5.66. The topological polar surface area (TPSA) is 856 Å². The van der Waals surface area contributed by atoms with Gasteiger partial charge in [0, 0.05) is 41.5 Å². The van der Waals surface area contributed by atoms with Crippen molar-refractivity contribution in [3.05, 3.63) is 0 Å². The predicted octanol–water partition coefficient (Wildman–Crippen LogP) is -20.9. The number of aliphatic hydroxyl groups excluding tert-OH is 25. The van der Waals surface area contributed by atoms with Gasteiger partial charge in [0.15, 0.2) is 62.9 Å². The Labute approximate surface area is 726 Å². The van der Waals surface area contributed by atoms with Crippen molar-refractivity contribution in [3.63, 3.8) is 0 Å². The molecule has 738 valence electrons. The van der Waals surface area contributed by atoms with Crippen LogP contribution >= 0.6 is 0 Å². The summed E-state index contributed by atoms with van der Waals surface area (Å²) in [6.07, 6.45) is -94.6. The number of hydrogen-bond donors (Lipinski definition) is 31. The average Bonchev–Trinajstić information content (AvgIpc) is 0.751. The largest absolute Gasteiger partial charge is 0.394 e. The third-order valence-corrected chi connectivity index (χ3v) is 23.2. The van der Waals surface area contributed by atoms with E-state index in [1.165, 1.54) is 6.92 Å². The van der Waals surface area contributed by atoms with Crippen molar-refractivity contribution in [1.82, 2.24) is 31.9 Å². The minimum Gasteiger partial charge on any atom is -0.394 e. The third kappa shape index (κ3) is 23.9. The Balaban J connectivity index is 1.12. The molecule has 10 saturated heterocycles. The molecule has 10 fully saturated rings. The van der Waals surface area contributed by atoms with Gasteiger partial charge in [0.2, 0.25) is 35.4 Å². The predicted molar refractivity (Wildman–Crippen MR) is 398 cm³/mol. The molecule has 50 atom stereocenters. The molecule has 10 aliphatic heterocycles. The van der Waals surface area contributed by atoms with Gasteiger partial charge in [-0.25, -0.2) is 0 Å². The second kappa shape index (κ2) is 46.1. The summed E-state index contributed by atoms with van der Waals surface area (Å²) in [5.41, 5.74) is 0. The van der Waals surface area contributed by atoms with E-state index < -0.39 is 402 Å². The highest BCUT2D eigenvalue weighted by atomic mass is 16.8. The molecule has 0 aliphatic carbocycles. The van der Waals surface area contributed by atoms with Crippen molar-refractivity contribution in [2.24, 2.45) is 0 Å². The maximum Gasteiger partial charge on any atom is 0.217 e. The van der Waals surface area contributed by atoms with Crippen LogP contribution < -0.4 is 31.9 Å². The van der Waals surface area contributed by atoms with Crippen LogP contribution in [0.1, 0.15) is 48.5 Å². The van der Waals surface area contributed by atoms with Gasteiger partial charge in [-0.1, -0.05) is 0 Å². The van der Waals surface area contributed by atoms with E-state index in [0.717, 1.165) is 41.5 Å². The molecular weight excluding hydrogens is 1750 g/mol. The molecule has 56 heteroatoms. The number of amides is 6. The zero-order valence-corrected chi connectivity index (χ0v) is 69.6. The molecule has 10 rings (SSSR count). The fraction of sp³-hybridized carbons (Fsp3) is 0.917. The first-order valence-corrected chi connectivity index (χ1v) is 41.0. The van der Waals surface area contributed by atoms with E-state index in [1.807, 2.05) is 0 Å². The van der Waals surface area contributed by atoms with Crippen molar-refractivity contribution in [3.8, 4) is 0 Å². The van der Waals surface area contributed by atoms with Crippen molar-refractivity contribution in [1.29, 1.82) is 0 Å². The highest BCUT2D eigenvalue weighted by Crippen LogP contribution is 2.41. The SMILES string of the molecule is CC(=O)N[C@@H]1[C@@H](O)[C@H](O[C@@H]2O[C@H](CO)[C@@H](O[C@@H]3O[C@H](CO[C@H]4O[C@H](CO)[C@@H](O)[C@H](O)[C@@H]4O[C@@H]4O[C@H](CO)[C@@H](O)[C@H](O)[C@H]4NC(C)=O)[C@@H](O[C@@H]4O[C@H](CO)[C@@H](O)[C@H](O)[C@H]4NC(C)=O)[C@H](O[C@H]4O[C@H](CO[C@@H]5O[C@H](CO)[C@@H](O)[C@H](O)[C@H]5NC(C)=O)[C@@H](O)[C@H](O)[C@@H]4O[C@@H]4O[C@H](CO)[C@@H](O)[C@H](O)[C@H]4NC(C)=O)[C@@H]3O)[C@H](O)[C@H]2NC(C)=O)[C@@H](CO[C@@H]2O[C@@H](C)[C@@H](O)[C@@H](O)[C@@H]2O)O[C@H]1O. The lowest BCUT2D eigenvalue weighted by Gasteiger charge is -2.52. The van der Waals surface area contributed by atoms with Crippen LogP contribution in [-0.2, 0) is 119 Å². The second-order valence-corrected chi connectivity index (χ2v) is 32.5. The number of hydrogen-bond acceptors (Lipinski definition) is 50. The summed E-state index contributed by atoms with van der Waals surface area (Å²) < 4.78 is 117. The van der Waals surface area contributed by atoms with Gasteiger partial charge in [0.05, 0.1) is 65.6 Å². The number of rotatable bonds is 33. The molecule has 10 aliphatic rings. The zero-order valence-electron chi connectivity index (χ0n) is 69.6. The molecule has 0 radical (unpaired) electrons. The minimum absolute atomic E-state index is 0.864. The zero-order chi connectivity index (χ0) is 94.4. The van der Waals surface area contributed by atoms with Crippen LogP contribution in [-0.4, -0.2) is 529 Å². The maximum atomic E-state index is 13.6. The van der Waals surface area contributed by atoms with Crippen LogP contribution in [0.5, 0.6) is 0 Å². The summed E-state index contributed by atoms with van der Waals surface area (Å²) in [6.45, 7) is -3.36. The molecule has 0 aromatic heterocycles. The lowest BCUT2D eigenvalue weighted by molar-refractivity contribution is -0.408. The quantitative estimate of drug-likeness (QED) is 0.0290. The van der Waals surface area contributed by atoms with Crippen LogP contribution in [0.25, 0.3) is 0 Å². The fourth-order valence-corrected chi connectivity index (χ4v) is 16.5. The molecule has 0 bridgehead atoms. The highest BCUT2D eigenvalue weighted by Gasteiger charge is 2.62. The van der Waals surface area contributed by atoms with Crippen LogP contribution in [0.2, 0.25) is 0 Å². The molecule has 6 amide bonds. The first-order valence-electron chi connectivity index (χ1n) is 41.0. The summed E-state index contributed by atoms with van der Waals surface area (Å²) in [6, 6.07) is -11.5. The van der Waals surface area contributed by atoms with Crippen molar-refractivity contribution in [2.45, 2.75) is 355 Å². The summed E-state index contributed by atoms with van der Waals surface area (Å²) in [5, 5.41) is 298. The van der Waals surface area contributed by atoms with E-state index in [4.69, 9.17) is 90.0 Å². The lowest BCUT2D eigenvalue weighted by atomic mass is 9.93. The van der Waals surface area contributed by atoms with Gasteiger partial charge in [-0.05, 0) is 6.92 Å². The molecule has 0 spiro atoms. The van der Waals surface area contributed by atoms with E-state index in [2.05, 4.69) is 31.9 Å². The van der Waals surface area contributed by atoms with Gasteiger partial charge in [-0.15, -0.1) is 0 Å². The Bertz CT molecular complexity index is 3550. The van der Waals surface area contributed by atoms with Crippen LogP contribution in [0.4, 0.5) is 0 Å². The number of ether oxygens (including phenoxy) is 19. The normalized spacial score (nSPS) is 47.8. The standard InChI is InChI=1S/C72H120N6O50/c1-17-39(91)52(104)55(107)69(113-17)111-15-31-58(50(102)33(63(109)114-31)73-18(2)85)123-68-38(78-23(7)90)51(103)57(29(13-84)120-68)124-70-56(108)60(126-72-62(128-67-37(77-22(6)89)49(101)43(95)27(11-82)118-67)54(106)45(97)30(121-72)14-110-64-34(74-19(3)86)46(98)40(92)24(8-79)115-64)59(125-65-35(75-20(4)87)47(99)41(93)25(9-80)116-65)32(122-70)16-112-71-61(53(105)44(96)28(12-83)119-71)127-66-36(76-21(5)88)48(100)42(94)26(10-81)117-66/h17,24-72,79-84,91-109H,8-16H2,1-7H3,(H,73,85)(H,74,86)(H,75,87)(H,76,88)(H,77,89)(H,78,90)/t17-,24+,25+,26+,27+,28+,29+,30+,31+,32+,33+,34+,35+,36+,37+,38+,39+,40+,41+,42+,43+,44+,45+,46+,47+,48+,49+,50+,51+,52+,53-,54-,55-,56-,57+,58+,59+,60+,61-,62-,63+,64+,65-,66-,67-,68-,69+,70-,71-,72+/m0/s1. The second-order valence-electron chi connectivity index (χ2n) is 32.5. The molecule has 31 N–H and O–H groups in total. The summed E-state index contributed by atoms with van der Waals surface area (Å²) in [7, 11) is 0. The van der Waals surface area contributed by atoms with Crippen LogP contribution in [0, 0.1) is 0 Å². The Hall–Kier alpha value is -4.94. The molecule has 0 aromatic carbocycles. The Morgan fingerprint density at radius 3 is 0.914 bits per heavy atom. The Kier molecular flexibility index (Phi) is 37.8. The lowest BCUT2D eigenvalue weighted by Crippen LogP contribution is -2.71. The van der Waals surface area contributed by atoms with Gasteiger partial charge in [0.25, 0.3) is 0 Å². The van der Waals surface area contributed by atoms with Crippen LogP contribution in [0.15, 0.2) is 0 Å². The van der Waals surface area contributed by atoms with Gasteiger partial charge in [-0.2, -0.15) is 0 Å². The average molecular weight is 1870 g/mol. The molecule has 128 heavy (non-hydrogen) atoms. The van der Waals surface area contributed by atoms with Gasteiger partial charge < -0.3 is 250 Å². The van der Waals surface area contributed by atoms with Crippen molar-refractivity contribution >= 4 is 35.4 Å². The van der Waals surface area contributed by atoms with E-state index in [0.29, 0.717) is 0 Å². The molecule has 56 nitrogen and oxygen atoms in total. The number of nitrogens with one attached hydrogen (secondary N) is 6. The van der Waals surface area contributed by atoms with Crippen molar-refractivity contribution in [2.75, 3.05) is 59.5 Å². The molecule has 10 heterocycles. The number of carbonyl (C=O) groups excluding carboxylic acids is 6. The first kappa shape index (κ1) is 105. The highest BCUT2D eigenvalue weighted by molar-refractivity contribution is 5.75. The molecule has 0 aromatic rings. The minimum atomic E-state index is -2.82. The van der Waals surface area contributed by atoms with Gasteiger partial charge >= 0.3 is 0 Å². The monoisotopic (exact) mass is 1870 g/mol. The Morgan fingerprint density at radius 1 is 0.219 bits per heavy atom. The van der Waals surface area contributed by atoms with Crippen molar-refractivity contribution < 1.29 is 246 Å². The first-order chi connectivity index (χ1) is 60.4. The van der Waals surface area contributed by atoms with Gasteiger partial charge in [0.1, 0.15) is 238 Å². The molecule has 0 unspecified atom stereocenters. The summed E-state index contributed by atoms with van der Waals surface area (Å²) in [4.78, 5) is 77.6. The summed E-state index contributed by atoms with van der Waals surface area (Å²) >= 11 is 0. The third-order valence-electron chi connectivity index (χ3n) is 23.2. The van der Waals surface area contributed by atoms with E-state index in [9.17, 15) is 156 Å². The fourth-order valence-electron chi connectivity index (χ4n) is 16.5.